The van der Waals surface area contributed by atoms with Crippen LogP contribution in [0.1, 0.15) is 374 Å². The second-order valence-corrected chi connectivity index (χ2v) is 24.1. The van der Waals surface area contributed by atoms with Crippen molar-refractivity contribution in [3.63, 3.8) is 0 Å². The van der Waals surface area contributed by atoms with Crippen LogP contribution in [0.15, 0.2) is 72.9 Å². The van der Waals surface area contributed by atoms with Crippen molar-refractivity contribution < 1.29 is 28.6 Å². The molecule has 0 rings (SSSR count). The van der Waals surface area contributed by atoms with Gasteiger partial charge in [0.2, 0.25) is 0 Å². The number of hydrogen-bond acceptors (Lipinski definition) is 6. The molecular weight excluding hydrogens is 1010 g/mol. The summed E-state index contributed by atoms with van der Waals surface area (Å²) < 4.78 is 17.0. The summed E-state index contributed by atoms with van der Waals surface area (Å²) in [6, 6.07) is 0. The van der Waals surface area contributed by atoms with Gasteiger partial charge in [0.15, 0.2) is 6.10 Å². The number of esters is 3. The summed E-state index contributed by atoms with van der Waals surface area (Å²) >= 11 is 0. The van der Waals surface area contributed by atoms with Gasteiger partial charge in [-0.15, -0.1) is 0 Å². The third-order valence-electron chi connectivity index (χ3n) is 15.9. The molecule has 0 N–H and O–H groups in total. The number of unbranched alkanes of at least 4 members (excludes halogenated alkanes) is 43. The van der Waals surface area contributed by atoms with Crippen molar-refractivity contribution in [2.24, 2.45) is 0 Å². The number of carbonyl (C=O) groups excluding carboxylic acids is 3. The minimum absolute atomic E-state index is 0.0710. The first kappa shape index (κ1) is 78.8. The van der Waals surface area contributed by atoms with Gasteiger partial charge in [0.05, 0.1) is 0 Å². The van der Waals surface area contributed by atoms with E-state index in [1.165, 1.54) is 244 Å². The van der Waals surface area contributed by atoms with Crippen LogP contribution in [0.3, 0.4) is 0 Å². The number of allylic oxidation sites excluding steroid dienone is 12. The van der Waals surface area contributed by atoms with Gasteiger partial charge in [0.25, 0.3) is 0 Å². The van der Waals surface area contributed by atoms with Gasteiger partial charge in [-0.1, -0.05) is 338 Å². The van der Waals surface area contributed by atoms with Crippen LogP contribution >= 0.6 is 0 Å². The standard InChI is InChI=1S/C76H136O6/c1-4-7-10-13-16-19-22-25-28-30-32-34-35-36-37-38-39-40-41-43-44-46-48-51-54-57-60-63-66-69-75(78)81-72-73(71-80-74(77)68-65-62-59-56-53-50-27-24-21-18-15-12-9-6-3)82-76(79)70-67-64-61-58-55-52-49-47-45-42-33-31-29-26-23-20-17-14-11-8-5-2/h7,10,16,19,25,28,31-34,36-37,73H,4-6,8-9,11-15,17-18,20-24,26-27,29-30,35,38-72H2,1-3H3/b10-7-,19-16-,28-25-,33-31-,34-32-,37-36-. The molecule has 476 valence electrons. The molecule has 0 aromatic rings. The van der Waals surface area contributed by atoms with Gasteiger partial charge in [-0.3, -0.25) is 14.4 Å². The van der Waals surface area contributed by atoms with Crippen molar-refractivity contribution in [3.05, 3.63) is 72.9 Å². The van der Waals surface area contributed by atoms with E-state index in [2.05, 4.69) is 93.7 Å². The largest absolute Gasteiger partial charge is 0.462 e. The molecule has 0 aromatic carbocycles. The predicted octanol–water partition coefficient (Wildman–Crippen LogP) is 24.8. The maximum absolute atomic E-state index is 13.0. The molecule has 0 saturated carbocycles. The molecular formula is C76H136O6. The van der Waals surface area contributed by atoms with Crippen molar-refractivity contribution in [2.45, 2.75) is 380 Å². The molecule has 0 aliphatic carbocycles. The van der Waals surface area contributed by atoms with Gasteiger partial charge < -0.3 is 14.2 Å². The average Bonchev–Trinajstić information content (AvgIpc) is 3.47. The molecule has 6 heteroatoms. The average molecular weight is 1150 g/mol. The summed E-state index contributed by atoms with van der Waals surface area (Å²) in [5.41, 5.74) is 0. The lowest BCUT2D eigenvalue weighted by atomic mass is 10.0. The first-order valence-corrected chi connectivity index (χ1v) is 35.9. The van der Waals surface area contributed by atoms with Gasteiger partial charge in [-0.05, 0) is 89.9 Å². The molecule has 6 nitrogen and oxygen atoms in total. The Kier molecular flexibility index (Phi) is 67.6. The van der Waals surface area contributed by atoms with Crippen molar-refractivity contribution in [3.8, 4) is 0 Å². The number of hydrogen-bond donors (Lipinski definition) is 0. The van der Waals surface area contributed by atoms with Crippen molar-refractivity contribution >= 4 is 17.9 Å². The SMILES string of the molecule is CC/C=C\C/C=C\C/C=C\C/C=C\C/C=C\CCCCCCCCCCCCCCCC(=O)OCC(COC(=O)CCCCCCCCCCCCCCCC)OC(=O)CCCCCCCCCCC/C=C\CCCCCCCCCC. The molecule has 0 heterocycles. The van der Waals surface area contributed by atoms with E-state index >= 15 is 0 Å². The molecule has 0 radical (unpaired) electrons. The van der Waals surface area contributed by atoms with Gasteiger partial charge >= 0.3 is 17.9 Å². The topological polar surface area (TPSA) is 78.9 Å². The van der Waals surface area contributed by atoms with E-state index in [0.29, 0.717) is 19.3 Å². The Bertz CT molecular complexity index is 1500. The normalized spacial score (nSPS) is 12.5. The van der Waals surface area contributed by atoms with Crippen LogP contribution in [0, 0.1) is 0 Å². The zero-order valence-electron chi connectivity index (χ0n) is 54.8. The van der Waals surface area contributed by atoms with Crippen LogP contribution in [-0.4, -0.2) is 37.2 Å². The Labute approximate surface area is 510 Å². The summed E-state index contributed by atoms with van der Waals surface area (Å²) in [6.07, 6.45) is 92.1. The van der Waals surface area contributed by atoms with Gasteiger partial charge in [0.1, 0.15) is 13.2 Å². The van der Waals surface area contributed by atoms with Crippen molar-refractivity contribution in [1.29, 1.82) is 0 Å². The van der Waals surface area contributed by atoms with Crippen LogP contribution in [0.25, 0.3) is 0 Å². The molecule has 0 aliphatic heterocycles. The smallest absolute Gasteiger partial charge is 0.306 e. The molecule has 0 saturated heterocycles. The molecule has 1 unspecified atom stereocenters. The van der Waals surface area contributed by atoms with E-state index < -0.39 is 6.10 Å². The van der Waals surface area contributed by atoms with Gasteiger partial charge in [0, 0.05) is 19.3 Å². The number of ether oxygens (including phenoxy) is 3. The fraction of sp³-hybridized carbons (Fsp3) is 0.803. The van der Waals surface area contributed by atoms with Gasteiger partial charge in [-0.2, -0.15) is 0 Å². The maximum atomic E-state index is 13.0. The molecule has 1 atom stereocenters. The zero-order chi connectivity index (χ0) is 59.2. The molecule has 0 aliphatic rings. The van der Waals surface area contributed by atoms with E-state index in [1.54, 1.807) is 0 Å². The highest BCUT2D eigenvalue weighted by molar-refractivity contribution is 5.71. The second-order valence-electron chi connectivity index (χ2n) is 24.1. The minimum Gasteiger partial charge on any atom is -0.462 e. The van der Waals surface area contributed by atoms with Crippen LogP contribution in [0.2, 0.25) is 0 Å². The summed E-state index contributed by atoms with van der Waals surface area (Å²) in [7, 11) is 0. The lowest BCUT2D eigenvalue weighted by molar-refractivity contribution is -0.167. The van der Waals surface area contributed by atoms with Crippen molar-refractivity contribution in [2.75, 3.05) is 13.2 Å². The first-order chi connectivity index (χ1) is 40.5. The highest BCUT2D eigenvalue weighted by atomic mass is 16.6. The molecule has 0 aromatic heterocycles. The third kappa shape index (κ3) is 67.6. The Hall–Kier alpha value is -3.15. The first-order valence-electron chi connectivity index (χ1n) is 35.9. The fourth-order valence-corrected chi connectivity index (χ4v) is 10.6. The quantitative estimate of drug-likeness (QED) is 0.0261. The second kappa shape index (κ2) is 70.3. The Morgan fingerprint density at radius 3 is 0.756 bits per heavy atom. The van der Waals surface area contributed by atoms with E-state index in [1.807, 2.05) is 0 Å². The van der Waals surface area contributed by atoms with E-state index in [-0.39, 0.29) is 31.1 Å². The molecule has 0 amide bonds. The summed E-state index contributed by atoms with van der Waals surface area (Å²) in [5.74, 6) is -0.850. The highest BCUT2D eigenvalue weighted by Crippen LogP contribution is 2.18. The van der Waals surface area contributed by atoms with E-state index in [9.17, 15) is 14.4 Å². The Morgan fingerprint density at radius 1 is 0.256 bits per heavy atom. The van der Waals surface area contributed by atoms with E-state index in [4.69, 9.17) is 14.2 Å². The van der Waals surface area contributed by atoms with Crippen LogP contribution in [0.5, 0.6) is 0 Å². The lowest BCUT2D eigenvalue weighted by Crippen LogP contribution is -2.30. The van der Waals surface area contributed by atoms with Crippen molar-refractivity contribution in [1.82, 2.24) is 0 Å². The highest BCUT2D eigenvalue weighted by Gasteiger charge is 2.19. The molecule has 0 spiro atoms. The van der Waals surface area contributed by atoms with Gasteiger partial charge in [-0.25, -0.2) is 0 Å². The monoisotopic (exact) mass is 1150 g/mol. The Morgan fingerprint density at radius 2 is 0.476 bits per heavy atom. The van der Waals surface area contributed by atoms with Crippen LogP contribution in [0.4, 0.5) is 0 Å². The minimum atomic E-state index is -0.776. The third-order valence-corrected chi connectivity index (χ3v) is 15.9. The Balaban J connectivity index is 4.26. The summed E-state index contributed by atoms with van der Waals surface area (Å²) in [4.78, 5) is 38.5. The van der Waals surface area contributed by atoms with Crippen LogP contribution in [-0.2, 0) is 28.6 Å². The molecule has 82 heavy (non-hydrogen) atoms. The summed E-state index contributed by atoms with van der Waals surface area (Å²) in [6.45, 7) is 6.58. The summed E-state index contributed by atoms with van der Waals surface area (Å²) in [5, 5.41) is 0. The molecule has 0 fully saturated rings. The van der Waals surface area contributed by atoms with E-state index in [0.717, 1.165) is 89.9 Å². The number of carbonyl (C=O) groups is 3. The molecule has 0 bridgehead atoms. The predicted molar refractivity (Wildman–Crippen MR) is 358 cm³/mol. The van der Waals surface area contributed by atoms with Crippen LogP contribution < -0.4 is 0 Å². The lowest BCUT2D eigenvalue weighted by Gasteiger charge is -2.18. The zero-order valence-corrected chi connectivity index (χ0v) is 54.8. The number of rotatable bonds is 66. The maximum Gasteiger partial charge on any atom is 0.306 e. The fourth-order valence-electron chi connectivity index (χ4n) is 10.6.